The van der Waals surface area contributed by atoms with Gasteiger partial charge in [-0.2, -0.15) is 0 Å². The van der Waals surface area contributed by atoms with Crippen molar-refractivity contribution in [2.45, 2.75) is 32.4 Å². The van der Waals surface area contributed by atoms with Gasteiger partial charge in [-0.1, -0.05) is 6.92 Å². The van der Waals surface area contributed by atoms with E-state index < -0.39 is 0 Å². The average molecular weight is 219 g/mol. The van der Waals surface area contributed by atoms with Crippen LogP contribution in [0.4, 0.5) is 0 Å². The summed E-state index contributed by atoms with van der Waals surface area (Å²) in [7, 11) is 0. The predicted molar refractivity (Wildman–Crippen MR) is 62.0 cm³/mol. The van der Waals surface area contributed by atoms with Gasteiger partial charge in [-0.15, -0.1) is 0 Å². The SMILES string of the molecule is CC[C@@H](N)c1cncn1C(C)c1ccco1. The first-order valence-corrected chi connectivity index (χ1v) is 5.54. The number of furan rings is 1. The maximum atomic E-state index is 6.04. The van der Waals surface area contributed by atoms with Gasteiger partial charge in [0.2, 0.25) is 0 Å². The van der Waals surface area contributed by atoms with Crippen molar-refractivity contribution in [2.24, 2.45) is 5.73 Å². The molecule has 2 aromatic heterocycles. The van der Waals surface area contributed by atoms with Crippen LogP contribution in [0.5, 0.6) is 0 Å². The zero-order valence-corrected chi connectivity index (χ0v) is 9.63. The highest BCUT2D eigenvalue weighted by Gasteiger charge is 2.16. The van der Waals surface area contributed by atoms with Crippen LogP contribution in [0.3, 0.4) is 0 Å². The normalized spacial score (nSPS) is 14.9. The number of rotatable bonds is 4. The molecule has 2 atom stereocenters. The molecule has 4 heteroatoms. The molecule has 0 spiro atoms. The van der Waals surface area contributed by atoms with Gasteiger partial charge in [-0.3, -0.25) is 0 Å². The van der Waals surface area contributed by atoms with Crippen molar-refractivity contribution in [1.82, 2.24) is 9.55 Å². The van der Waals surface area contributed by atoms with Gasteiger partial charge in [-0.25, -0.2) is 4.98 Å². The summed E-state index contributed by atoms with van der Waals surface area (Å²) in [5.74, 6) is 0.919. The minimum absolute atomic E-state index is 0.0277. The lowest BCUT2D eigenvalue weighted by atomic mass is 10.1. The molecule has 2 aromatic rings. The van der Waals surface area contributed by atoms with E-state index in [0.29, 0.717) is 0 Å². The molecule has 0 fully saturated rings. The van der Waals surface area contributed by atoms with Crippen molar-refractivity contribution in [2.75, 3.05) is 0 Å². The summed E-state index contributed by atoms with van der Waals surface area (Å²) in [5, 5.41) is 0. The molecular weight excluding hydrogens is 202 g/mol. The molecule has 0 aliphatic heterocycles. The molecule has 0 saturated heterocycles. The van der Waals surface area contributed by atoms with Gasteiger partial charge in [0.25, 0.3) is 0 Å². The van der Waals surface area contributed by atoms with Crippen molar-refractivity contribution in [3.63, 3.8) is 0 Å². The maximum Gasteiger partial charge on any atom is 0.126 e. The third-order valence-electron chi connectivity index (χ3n) is 2.89. The molecule has 16 heavy (non-hydrogen) atoms. The van der Waals surface area contributed by atoms with Crippen LogP contribution in [0.15, 0.2) is 35.3 Å². The first kappa shape index (κ1) is 11.0. The number of hydrogen-bond donors (Lipinski definition) is 1. The highest BCUT2D eigenvalue weighted by molar-refractivity contribution is 5.12. The molecule has 0 amide bonds. The number of nitrogens with two attached hydrogens (primary N) is 1. The van der Waals surface area contributed by atoms with Crippen molar-refractivity contribution >= 4 is 0 Å². The summed E-state index contributed by atoms with van der Waals surface area (Å²) in [4.78, 5) is 4.16. The molecule has 0 radical (unpaired) electrons. The molecule has 86 valence electrons. The van der Waals surface area contributed by atoms with Crippen LogP contribution >= 0.6 is 0 Å². The van der Waals surface area contributed by atoms with E-state index in [9.17, 15) is 0 Å². The molecule has 0 aromatic carbocycles. The van der Waals surface area contributed by atoms with Gasteiger partial charge in [0, 0.05) is 12.2 Å². The second-order valence-corrected chi connectivity index (χ2v) is 3.93. The molecule has 2 heterocycles. The van der Waals surface area contributed by atoms with Crippen molar-refractivity contribution in [3.8, 4) is 0 Å². The van der Waals surface area contributed by atoms with Gasteiger partial charge in [-0.05, 0) is 25.5 Å². The van der Waals surface area contributed by atoms with Crippen molar-refractivity contribution < 1.29 is 4.42 Å². The Labute approximate surface area is 95.1 Å². The van der Waals surface area contributed by atoms with E-state index in [-0.39, 0.29) is 12.1 Å². The standard InChI is InChI=1S/C12H17N3O/c1-3-10(13)11-7-14-8-15(11)9(2)12-5-4-6-16-12/h4-10H,3,13H2,1-2H3/t9?,10-/m1/s1. The minimum atomic E-state index is 0.0277. The summed E-state index contributed by atoms with van der Waals surface area (Å²) >= 11 is 0. The lowest BCUT2D eigenvalue weighted by molar-refractivity contribution is 0.433. The van der Waals surface area contributed by atoms with Gasteiger partial charge in [0.05, 0.1) is 24.3 Å². The van der Waals surface area contributed by atoms with Crippen LogP contribution in [0.2, 0.25) is 0 Å². The average Bonchev–Trinajstić information content (AvgIpc) is 2.97. The largest absolute Gasteiger partial charge is 0.467 e. The van der Waals surface area contributed by atoms with E-state index in [1.54, 1.807) is 12.6 Å². The second-order valence-electron chi connectivity index (χ2n) is 3.93. The summed E-state index contributed by atoms with van der Waals surface area (Å²) in [6.45, 7) is 4.14. The summed E-state index contributed by atoms with van der Waals surface area (Å²) in [5.41, 5.74) is 7.09. The Morgan fingerprint density at radius 2 is 2.38 bits per heavy atom. The highest BCUT2D eigenvalue weighted by Crippen LogP contribution is 2.23. The molecule has 0 saturated carbocycles. The van der Waals surface area contributed by atoms with Crippen LogP contribution in [0.1, 0.15) is 43.8 Å². The van der Waals surface area contributed by atoms with Gasteiger partial charge < -0.3 is 14.7 Å². The van der Waals surface area contributed by atoms with E-state index in [0.717, 1.165) is 17.9 Å². The number of imidazole rings is 1. The maximum absolute atomic E-state index is 6.04. The zero-order chi connectivity index (χ0) is 11.5. The van der Waals surface area contributed by atoms with E-state index in [1.165, 1.54) is 0 Å². The Morgan fingerprint density at radius 1 is 1.56 bits per heavy atom. The Hall–Kier alpha value is -1.55. The predicted octanol–water partition coefficient (Wildman–Crippen LogP) is 2.50. The molecule has 0 aliphatic rings. The van der Waals surface area contributed by atoms with Crippen LogP contribution in [-0.4, -0.2) is 9.55 Å². The molecule has 0 bridgehead atoms. The van der Waals surface area contributed by atoms with Crippen LogP contribution in [0.25, 0.3) is 0 Å². The first-order chi connectivity index (χ1) is 7.74. The van der Waals surface area contributed by atoms with E-state index in [1.807, 2.05) is 18.3 Å². The number of aromatic nitrogens is 2. The van der Waals surface area contributed by atoms with Gasteiger partial charge in [0.15, 0.2) is 0 Å². The fraction of sp³-hybridized carbons (Fsp3) is 0.417. The Bertz CT molecular complexity index is 433. The monoisotopic (exact) mass is 219 g/mol. The fourth-order valence-corrected chi connectivity index (χ4v) is 1.80. The van der Waals surface area contributed by atoms with Gasteiger partial charge in [0.1, 0.15) is 5.76 Å². The van der Waals surface area contributed by atoms with E-state index >= 15 is 0 Å². The summed E-state index contributed by atoms with van der Waals surface area (Å²) < 4.78 is 7.46. The van der Waals surface area contributed by atoms with Crippen LogP contribution < -0.4 is 5.73 Å². The molecule has 1 unspecified atom stereocenters. The molecular formula is C12H17N3O. The Kier molecular flexibility index (Phi) is 3.10. The zero-order valence-electron chi connectivity index (χ0n) is 9.63. The molecule has 4 nitrogen and oxygen atoms in total. The Balaban J connectivity index is 2.30. The van der Waals surface area contributed by atoms with Crippen molar-refractivity contribution in [3.05, 3.63) is 42.4 Å². The first-order valence-electron chi connectivity index (χ1n) is 5.54. The molecule has 0 aliphatic carbocycles. The smallest absolute Gasteiger partial charge is 0.126 e. The topological polar surface area (TPSA) is 57.0 Å². The number of nitrogens with zero attached hydrogens (tertiary/aromatic N) is 2. The number of hydrogen-bond acceptors (Lipinski definition) is 3. The fourth-order valence-electron chi connectivity index (χ4n) is 1.80. The van der Waals surface area contributed by atoms with Crippen LogP contribution in [-0.2, 0) is 0 Å². The third kappa shape index (κ3) is 1.88. The third-order valence-corrected chi connectivity index (χ3v) is 2.89. The molecule has 2 N–H and O–H groups in total. The lowest BCUT2D eigenvalue weighted by Gasteiger charge is -2.17. The van der Waals surface area contributed by atoms with E-state index in [4.69, 9.17) is 10.2 Å². The van der Waals surface area contributed by atoms with E-state index in [2.05, 4.69) is 23.4 Å². The minimum Gasteiger partial charge on any atom is -0.467 e. The molecule has 2 rings (SSSR count). The highest BCUT2D eigenvalue weighted by atomic mass is 16.3. The Morgan fingerprint density at radius 3 is 3.00 bits per heavy atom. The van der Waals surface area contributed by atoms with Crippen molar-refractivity contribution in [1.29, 1.82) is 0 Å². The summed E-state index contributed by atoms with van der Waals surface area (Å²) in [6, 6.07) is 4.01. The quantitative estimate of drug-likeness (QED) is 0.859. The summed E-state index contributed by atoms with van der Waals surface area (Å²) in [6.07, 6.45) is 6.21. The van der Waals surface area contributed by atoms with Gasteiger partial charge >= 0.3 is 0 Å². The lowest BCUT2D eigenvalue weighted by Crippen LogP contribution is -2.16. The van der Waals surface area contributed by atoms with Crippen LogP contribution in [0, 0.1) is 0 Å². The second kappa shape index (κ2) is 4.53.